The van der Waals surface area contributed by atoms with Gasteiger partial charge in [0.05, 0.1) is 17.7 Å². The molecule has 0 aliphatic rings. The molecular formula is C11H11ClO2S. The molecule has 80 valence electrons. The third kappa shape index (κ3) is 3.29. The molecule has 0 radical (unpaired) electrons. The second-order valence-corrected chi connectivity index (χ2v) is 3.59. The molecular weight excluding hydrogens is 232 g/mol. The standard InChI is InChI=1S/C11H11ClO2S/c1-14-11(13)9-7-8(3-2-6-15)4-5-10(9)12/h2-5,7,15H,6H2,1H3. The maximum atomic E-state index is 11.3. The van der Waals surface area contributed by atoms with Crippen molar-refractivity contribution in [2.24, 2.45) is 0 Å². The fraction of sp³-hybridized carbons (Fsp3) is 0.182. The number of benzene rings is 1. The summed E-state index contributed by atoms with van der Waals surface area (Å²) in [5.74, 6) is 0.219. The molecule has 0 aromatic heterocycles. The van der Waals surface area contributed by atoms with Crippen LogP contribution in [-0.2, 0) is 4.74 Å². The van der Waals surface area contributed by atoms with Gasteiger partial charge in [0, 0.05) is 5.75 Å². The zero-order valence-electron chi connectivity index (χ0n) is 8.24. The first-order valence-electron chi connectivity index (χ1n) is 4.34. The molecule has 1 aromatic carbocycles. The second-order valence-electron chi connectivity index (χ2n) is 2.82. The summed E-state index contributed by atoms with van der Waals surface area (Å²) in [6.07, 6.45) is 3.75. The van der Waals surface area contributed by atoms with E-state index in [1.807, 2.05) is 18.2 Å². The third-order valence-electron chi connectivity index (χ3n) is 1.81. The van der Waals surface area contributed by atoms with Crippen LogP contribution in [0.25, 0.3) is 6.08 Å². The van der Waals surface area contributed by atoms with Crippen LogP contribution >= 0.6 is 24.2 Å². The van der Waals surface area contributed by atoms with Crippen molar-refractivity contribution in [2.45, 2.75) is 0 Å². The van der Waals surface area contributed by atoms with Gasteiger partial charge in [-0.3, -0.25) is 0 Å². The smallest absolute Gasteiger partial charge is 0.339 e. The third-order valence-corrected chi connectivity index (χ3v) is 2.35. The highest BCUT2D eigenvalue weighted by molar-refractivity contribution is 7.80. The number of carbonyl (C=O) groups is 1. The van der Waals surface area contributed by atoms with Crippen LogP contribution in [0.1, 0.15) is 15.9 Å². The normalized spacial score (nSPS) is 10.6. The summed E-state index contributed by atoms with van der Waals surface area (Å²) in [5, 5.41) is 0.393. The minimum absolute atomic E-state index is 0.375. The largest absolute Gasteiger partial charge is 0.465 e. The highest BCUT2D eigenvalue weighted by Gasteiger charge is 2.10. The molecule has 0 bridgehead atoms. The van der Waals surface area contributed by atoms with Crippen LogP contribution in [-0.4, -0.2) is 18.8 Å². The fourth-order valence-corrected chi connectivity index (χ4v) is 1.40. The number of rotatable bonds is 3. The Morgan fingerprint density at radius 1 is 1.60 bits per heavy atom. The summed E-state index contributed by atoms with van der Waals surface area (Å²) in [6, 6.07) is 5.19. The van der Waals surface area contributed by atoms with Gasteiger partial charge in [0.1, 0.15) is 0 Å². The van der Waals surface area contributed by atoms with E-state index in [0.29, 0.717) is 16.3 Å². The van der Waals surface area contributed by atoms with Gasteiger partial charge in [0.25, 0.3) is 0 Å². The van der Waals surface area contributed by atoms with Crippen molar-refractivity contribution in [3.8, 4) is 0 Å². The minimum atomic E-state index is -0.430. The van der Waals surface area contributed by atoms with Gasteiger partial charge < -0.3 is 4.74 Å². The molecule has 1 aromatic rings. The molecule has 4 heteroatoms. The monoisotopic (exact) mass is 242 g/mol. The van der Waals surface area contributed by atoms with Gasteiger partial charge in [-0.15, -0.1) is 0 Å². The SMILES string of the molecule is COC(=O)c1cc(C=CCS)ccc1Cl. The van der Waals surface area contributed by atoms with Crippen molar-refractivity contribution in [3.63, 3.8) is 0 Å². The Hall–Kier alpha value is -0.930. The molecule has 15 heavy (non-hydrogen) atoms. The summed E-state index contributed by atoms with van der Waals surface area (Å²) in [7, 11) is 1.33. The van der Waals surface area contributed by atoms with Gasteiger partial charge in [0.15, 0.2) is 0 Å². The van der Waals surface area contributed by atoms with E-state index in [4.69, 9.17) is 11.6 Å². The molecule has 0 atom stereocenters. The summed E-state index contributed by atoms with van der Waals surface area (Å²) < 4.78 is 4.61. The van der Waals surface area contributed by atoms with E-state index in [1.54, 1.807) is 12.1 Å². The van der Waals surface area contributed by atoms with Crippen LogP contribution in [0.2, 0.25) is 5.02 Å². The highest BCUT2D eigenvalue weighted by Crippen LogP contribution is 2.19. The first-order valence-corrected chi connectivity index (χ1v) is 5.35. The van der Waals surface area contributed by atoms with Gasteiger partial charge >= 0.3 is 5.97 Å². The Morgan fingerprint density at radius 2 is 2.33 bits per heavy atom. The van der Waals surface area contributed by atoms with Gasteiger partial charge in [-0.25, -0.2) is 4.79 Å². The first kappa shape index (κ1) is 12.1. The van der Waals surface area contributed by atoms with E-state index in [2.05, 4.69) is 17.4 Å². The lowest BCUT2D eigenvalue weighted by atomic mass is 10.1. The molecule has 0 N–H and O–H groups in total. The number of halogens is 1. The summed E-state index contributed by atoms with van der Waals surface area (Å²) in [6.45, 7) is 0. The molecule has 0 saturated carbocycles. The number of esters is 1. The summed E-state index contributed by atoms with van der Waals surface area (Å²) in [4.78, 5) is 11.3. The lowest BCUT2D eigenvalue weighted by Crippen LogP contribution is -2.02. The van der Waals surface area contributed by atoms with Crippen molar-refractivity contribution in [1.29, 1.82) is 0 Å². The van der Waals surface area contributed by atoms with Gasteiger partial charge in [0.2, 0.25) is 0 Å². The van der Waals surface area contributed by atoms with Gasteiger partial charge in [-0.05, 0) is 17.7 Å². The molecule has 0 saturated heterocycles. The average Bonchev–Trinajstić information content (AvgIpc) is 2.27. The predicted octanol–water partition coefficient (Wildman–Crippen LogP) is 3.07. The predicted molar refractivity (Wildman–Crippen MR) is 65.7 cm³/mol. The summed E-state index contributed by atoms with van der Waals surface area (Å²) in [5.41, 5.74) is 1.27. The number of hydrogen-bond donors (Lipinski definition) is 1. The zero-order valence-corrected chi connectivity index (χ0v) is 9.89. The fourth-order valence-electron chi connectivity index (χ4n) is 1.10. The Morgan fingerprint density at radius 3 is 2.93 bits per heavy atom. The molecule has 0 amide bonds. The molecule has 0 aliphatic heterocycles. The van der Waals surface area contributed by atoms with E-state index < -0.39 is 5.97 Å². The number of carbonyl (C=O) groups excluding carboxylic acids is 1. The van der Waals surface area contributed by atoms with E-state index in [1.165, 1.54) is 7.11 Å². The van der Waals surface area contributed by atoms with E-state index in [-0.39, 0.29) is 0 Å². The lowest BCUT2D eigenvalue weighted by Gasteiger charge is -2.03. The Bertz CT molecular complexity index is 388. The number of ether oxygens (including phenoxy) is 1. The van der Waals surface area contributed by atoms with E-state index in [0.717, 1.165) is 5.56 Å². The first-order chi connectivity index (χ1) is 7.19. The van der Waals surface area contributed by atoms with Gasteiger partial charge in [-0.1, -0.05) is 29.8 Å². The quantitative estimate of drug-likeness (QED) is 0.651. The van der Waals surface area contributed by atoms with Crippen molar-refractivity contribution >= 4 is 36.3 Å². The second kappa shape index (κ2) is 5.83. The molecule has 0 aliphatic carbocycles. The van der Waals surface area contributed by atoms with Crippen LogP contribution in [0.4, 0.5) is 0 Å². The summed E-state index contributed by atoms with van der Waals surface area (Å²) >= 11 is 9.92. The maximum absolute atomic E-state index is 11.3. The lowest BCUT2D eigenvalue weighted by molar-refractivity contribution is 0.0601. The molecule has 0 unspecified atom stereocenters. The van der Waals surface area contributed by atoms with Crippen LogP contribution in [0, 0.1) is 0 Å². The number of methoxy groups -OCH3 is 1. The van der Waals surface area contributed by atoms with E-state index in [9.17, 15) is 4.79 Å². The Balaban J connectivity index is 3.05. The Labute approximate surface area is 99.3 Å². The van der Waals surface area contributed by atoms with Crippen molar-refractivity contribution in [3.05, 3.63) is 40.4 Å². The number of thiol groups is 1. The molecule has 0 spiro atoms. The van der Waals surface area contributed by atoms with Crippen LogP contribution < -0.4 is 0 Å². The highest BCUT2D eigenvalue weighted by atomic mass is 35.5. The molecule has 0 fully saturated rings. The number of hydrogen-bond acceptors (Lipinski definition) is 3. The van der Waals surface area contributed by atoms with Crippen LogP contribution in [0.15, 0.2) is 24.3 Å². The van der Waals surface area contributed by atoms with E-state index >= 15 is 0 Å². The zero-order chi connectivity index (χ0) is 11.3. The average molecular weight is 243 g/mol. The topological polar surface area (TPSA) is 26.3 Å². The maximum Gasteiger partial charge on any atom is 0.339 e. The van der Waals surface area contributed by atoms with Crippen LogP contribution in [0.5, 0.6) is 0 Å². The minimum Gasteiger partial charge on any atom is -0.465 e. The molecule has 0 heterocycles. The molecule has 1 rings (SSSR count). The van der Waals surface area contributed by atoms with Gasteiger partial charge in [-0.2, -0.15) is 12.6 Å². The van der Waals surface area contributed by atoms with Crippen molar-refractivity contribution < 1.29 is 9.53 Å². The Kier molecular flexibility index (Phi) is 4.72. The van der Waals surface area contributed by atoms with Crippen LogP contribution in [0.3, 0.4) is 0 Å². The van der Waals surface area contributed by atoms with Crippen molar-refractivity contribution in [2.75, 3.05) is 12.9 Å². The van der Waals surface area contributed by atoms with Crippen molar-refractivity contribution in [1.82, 2.24) is 0 Å². The molecule has 2 nitrogen and oxygen atoms in total.